The van der Waals surface area contributed by atoms with E-state index in [0.717, 1.165) is 11.3 Å². The Morgan fingerprint density at radius 1 is 1.24 bits per heavy atom. The van der Waals surface area contributed by atoms with Crippen LogP contribution in [0.1, 0.15) is 5.56 Å². The third kappa shape index (κ3) is 3.08. The van der Waals surface area contributed by atoms with Crippen LogP contribution < -0.4 is 4.57 Å². The average molecular weight is 298 g/mol. The summed E-state index contributed by atoms with van der Waals surface area (Å²) < 4.78 is 2.01. The number of pyridine rings is 1. The average Bonchev–Trinajstić information content (AvgIpc) is 2.31. The van der Waals surface area contributed by atoms with E-state index in [4.69, 9.17) is 6.72 Å². The van der Waals surface area contributed by atoms with Crippen molar-refractivity contribution in [1.82, 2.24) is 0 Å². The van der Waals surface area contributed by atoms with E-state index in [2.05, 4.69) is 30.1 Å². The Labute approximate surface area is 127 Å². The monoisotopic (exact) mass is 298 g/mol. The zero-order valence-electron chi connectivity index (χ0n) is 10.0. The van der Waals surface area contributed by atoms with Crippen LogP contribution in [-0.4, -0.2) is 6.72 Å². The number of hydrogen-bond acceptors (Lipinski definition) is 1. The van der Waals surface area contributed by atoms with Crippen LogP contribution >= 0.6 is 0 Å². The second kappa shape index (κ2) is 6.18. The Morgan fingerprint density at radius 2 is 1.94 bits per heavy atom. The van der Waals surface area contributed by atoms with Crippen molar-refractivity contribution in [2.45, 2.75) is 6.92 Å². The van der Waals surface area contributed by atoms with Crippen LogP contribution in [0, 0.1) is 13.0 Å². The molecule has 2 rings (SSSR count). The molecule has 0 fully saturated rings. The third-order valence-corrected chi connectivity index (χ3v) is 2.59. The molecule has 83 valence electrons. The molecule has 1 aromatic carbocycles. The van der Waals surface area contributed by atoms with Crippen molar-refractivity contribution < 1.29 is 37.3 Å². The van der Waals surface area contributed by atoms with Crippen LogP contribution in [0.15, 0.2) is 41.5 Å². The van der Waals surface area contributed by atoms with Crippen molar-refractivity contribution in [3.63, 3.8) is 0 Å². The first-order valence-electron chi connectivity index (χ1n) is 5.11. The molecule has 0 unspecified atom stereocenters. The van der Waals surface area contributed by atoms with Gasteiger partial charge < -0.3 is 4.99 Å². The van der Waals surface area contributed by atoms with Gasteiger partial charge in [-0.3, -0.25) is 0 Å². The molecule has 1 aromatic heterocycles. The van der Waals surface area contributed by atoms with E-state index >= 15 is 0 Å². The van der Waals surface area contributed by atoms with Gasteiger partial charge in [-0.05, 0) is 0 Å². The molecule has 0 saturated carbocycles. The van der Waals surface area contributed by atoms with Crippen LogP contribution in [0.3, 0.4) is 0 Å². The standard InChI is InChI=1S/C14H13N2.Y/c1-11-6-4-5-7-13(11)14-10-12(15-2)8-9-16(14)3;/h2,4-9H,1,3H3;/q-1;. The largest absolute Gasteiger partial charge is 0.485 e. The van der Waals surface area contributed by atoms with Crippen molar-refractivity contribution in [2.75, 3.05) is 0 Å². The zero-order valence-corrected chi connectivity index (χ0v) is 12.9. The first kappa shape index (κ1) is 14.2. The van der Waals surface area contributed by atoms with Crippen molar-refractivity contribution in [1.29, 1.82) is 0 Å². The Bertz CT molecular complexity index is 535. The summed E-state index contributed by atoms with van der Waals surface area (Å²) in [5, 5.41) is 0. The summed E-state index contributed by atoms with van der Waals surface area (Å²) in [5.74, 6) is 0. The normalized spacial score (nSPS) is 9.53. The number of hydrogen-bond donors (Lipinski definition) is 0. The molecule has 0 N–H and O–H groups in total. The third-order valence-electron chi connectivity index (χ3n) is 2.59. The molecule has 2 nitrogen and oxygen atoms in total. The fourth-order valence-corrected chi connectivity index (χ4v) is 1.68. The quantitative estimate of drug-likeness (QED) is 0.460. The SMILES string of the molecule is [CH-]=Nc1[c-]c(-c2ccccc2C)[n+](C)cc1.[Y]. The van der Waals surface area contributed by atoms with Crippen LogP contribution in [0.4, 0.5) is 5.69 Å². The summed E-state index contributed by atoms with van der Waals surface area (Å²) in [6.07, 6.45) is 1.93. The molecule has 0 aliphatic carbocycles. The van der Waals surface area contributed by atoms with Gasteiger partial charge in [-0.15, -0.1) is 6.07 Å². The minimum Gasteiger partial charge on any atom is -0.485 e. The molecule has 1 radical (unpaired) electrons. The van der Waals surface area contributed by atoms with E-state index in [0.29, 0.717) is 5.69 Å². The van der Waals surface area contributed by atoms with E-state index in [1.165, 1.54) is 5.56 Å². The van der Waals surface area contributed by atoms with E-state index in [1.807, 2.05) is 36.0 Å². The zero-order chi connectivity index (χ0) is 11.5. The molecule has 0 saturated heterocycles. The van der Waals surface area contributed by atoms with Crippen molar-refractivity contribution >= 4 is 12.4 Å². The Hall–Kier alpha value is -0.856. The summed E-state index contributed by atoms with van der Waals surface area (Å²) in [7, 11) is 1.98. The molecule has 0 aliphatic heterocycles. The van der Waals surface area contributed by atoms with Gasteiger partial charge in [0.1, 0.15) is 7.05 Å². The Balaban J connectivity index is 0.00000144. The topological polar surface area (TPSA) is 16.2 Å². The van der Waals surface area contributed by atoms with E-state index in [9.17, 15) is 0 Å². The molecular weight excluding hydrogens is 285 g/mol. The predicted molar refractivity (Wildman–Crippen MR) is 64.8 cm³/mol. The maximum absolute atomic E-state index is 5.27. The summed E-state index contributed by atoms with van der Waals surface area (Å²) in [5.41, 5.74) is 4.01. The number of aliphatic imine (C=N–C) groups is 1. The molecule has 0 bridgehead atoms. The van der Waals surface area contributed by atoms with Crippen molar-refractivity contribution in [3.8, 4) is 11.3 Å². The van der Waals surface area contributed by atoms with E-state index < -0.39 is 0 Å². The maximum atomic E-state index is 5.27. The van der Waals surface area contributed by atoms with Crippen LogP contribution in [0.2, 0.25) is 0 Å². The summed E-state index contributed by atoms with van der Waals surface area (Å²) >= 11 is 0. The van der Waals surface area contributed by atoms with Gasteiger partial charge in [-0.1, -0.05) is 36.2 Å². The first-order chi connectivity index (χ1) is 7.72. The number of nitrogens with zero attached hydrogens (tertiary/aromatic N) is 2. The number of aromatic nitrogens is 1. The molecule has 0 spiro atoms. The van der Waals surface area contributed by atoms with Gasteiger partial charge >= 0.3 is 0 Å². The fourth-order valence-electron chi connectivity index (χ4n) is 1.68. The fraction of sp³-hybridized carbons (Fsp3) is 0.143. The Kier molecular flexibility index (Phi) is 5.16. The van der Waals surface area contributed by atoms with E-state index in [1.54, 1.807) is 0 Å². The smallest absolute Gasteiger partial charge is 0.135 e. The van der Waals surface area contributed by atoms with Crippen LogP contribution in [-0.2, 0) is 39.8 Å². The number of rotatable bonds is 2. The van der Waals surface area contributed by atoms with Gasteiger partial charge in [0.25, 0.3) is 0 Å². The maximum Gasteiger partial charge on any atom is 0.135 e. The van der Waals surface area contributed by atoms with Crippen molar-refractivity contribution in [2.24, 2.45) is 12.0 Å². The summed E-state index contributed by atoms with van der Waals surface area (Å²) in [6.45, 7) is 7.35. The second-order valence-electron chi connectivity index (χ2n) is 3.73. The Morgan fingerprint density at radius 3 is 2.59 bits per heavy atom. The van der Waals surface area contributed by atoms with Gasteiger partial charge in [-0.2, -0.15) is 24.5 Å². The number of aryl methyl sites for hydroxylation is 2. The molecule has 17 heavy (non-hydrogen) atoms. The molecule has 0 atom stereocenters. The molecule has 1 heterocycles. The molecule has 0 amide bonds. The van der Waals surface area contributed by atoms with Gasteiger partial charge in [0.2, 0.25) is 0 Å². The second-order valence-corrected chi connectivity index (χ2v) is 3.73. The van der Waals surface area contributed by atoms with Gasteiger partial charge in [0.05, 0.1) is 11.9 Å². The number of benzene rings is 1. The summed E-state index contributed by atoms with van der Waals surface area (Å²) in [4.78, 5) is 3.66. The van der Waals surface area contributed by atoms with Gasteiger partial charge in [0, 0.05) is 32.7 Å². The van der Waals surface area contributed by atoms with Crippen LogP contribution in [0.25, 0.3) is 11.3 Å². The van der Waals surface area contributed by atoms with Crippen LogP contribution in [0.5, 0.6) is 0 Å². The molecular formula is C14H13N2Y-. The van der Waals surface area contributed by atoms with Gasteiger partial charge in [-0.25, -0.2) is 4.57 Å². The minimum absolute atomic E-state index is 0. The molecule has 2 aromatic rings. The molecule has 3 heteroatoms. The molecule has 0 aliphatic rings. The predicted octanol–water partition coefficient (Wildman–Crippen LogP) is 2.49. The van der Waals surface area contributed by atoms with Crippen molar-refractivity contribution in [3.05, 3.63) is 48.2 Å². The summed E-state index contributed by atoms with van der Waals surface area (Å²) in [6, 6.07) is 13.2. The first-order valence-corrected chi connectivity index (χ1v) is 5.11. The minimum atomic E-state index is 0. The van der Waals surface area contributed by atoms with E-state index in [-0.39, 0.29) is 32.7 Å². The van der Waals surface area contributed by atoms with Gasteiger partial charge in [0.15, 0.2) is 0 Å².